The fourth-order valence-corrected chi connectivity index (χ4v) is 2.78. The van der Waals surface area contributed by atoms with Crippen molar-refractivity contribution in [1.82, 2.24) is 9.88 Å². The number of hydrogen-bond acceptors (Lipinski definition) is 3. The van der Waals surface area contributed by atoms with Crippen LogP contribution < -0.4 is 0 Å². The molecule has 18 heavy (non-hydrogen) atoms. The van der Waals surface area contributed by atoms with Crippen molar-refractivity contribution in [3.8, 4) is 0 Å². The molecule has 1 aromatic rings. The van der Waals surface area contributed by atoms with Crippen LogP contribution in [-0.4, -0.2) is 33.7 Å². The average molecular weight is 248 g/mol. The average Bonchev–Trinajstić information content (AvgIpc) is 2.40. The van der Waals surface area contributed by atoms with Crippen LogP contribution in [0.3, 0.4) is 0 Å². The van der Waals surface area contributed by atoms with Crippen molar-refractivity contribution in [2.45, 2.75) is 51.2 Å². The van der Waals surface area contributed by atoms with Gasteiger partial charge in [-0.3, -0.25) is 9.88 Å². The minimum atomic E-state index is -0.469. The second-order valence-electron chi connectivity index (χ2n) is 5.41. The maximum Gasteiger partial charge on any atom is 0.0774 e. The van der Waals surface area contributed by atoms with Crippen molar-refractivity contribution >= 4 is 0 Å². The molecule has 1 saturated carbocycles. The van der Waals surface area contributed by atoms with Crippen LogP contribution in [0, 0.1) is 0 Å². The number of nitrogens with zero attached hydrogens (tertiary/aromatic N) is 2. The van der Waals surface area contributed by atoms with E-state index in [4.69, 9.17) is 0 Å². The van der Waals surface area contributed by atoms with Gasteiger partial charge in [-0.05, 0) is 31.5 Å². The number of aromatic nitrogens is 1. The van der Waals surface area contributed by atoms with Crippen molar-refractivity contribution in [3.05, 3.63) is 30.1 Å². The molecule has 0 aromatic carbocycles. The molecule has 0 bridgehead atoms. The van der Waals surface area contributed by atoms with Gasteiger partial charge >= 0.3 is 0 Å². The Morgan fingerprint density at radius 2 is 2.06 bits per heavy atom. The number of pyridine rings is 1. The van der Waals surface area contributed by atoms with Crippen LogP contribution in [0.2, 0.25) is 0 Å². The van der Waals surface area contributed by atoms with Gasteiger partial charge in [-0.2, -0.15) is 0 Å². The topological polar surface area (TPSA) is 36.4 Å². The molecule has 3 nitrogen and oxygen atoms in total. The molecule has 0 saturated heterocycles. The first-order valence-corrected chi connectivity index (χ1v) is 7.06. The molecule has 1 heterocycles. The molecule has 0 aliphatic heterocycles. The van der Waals surface area contributed by atoms with E-state index in [1.807, 2.05) is 24.4 Å². The van der Waals surface area contributed by atoms with Gasteiger partial charge in [-0.15, -0.1) is 0 Å². The van der Waals surface area contributed by atoms with E-state index in [-0.39, 0.29) is 0 Å². The molecule has 1 aliphatic rings. The first-order valence-electron chi connectivity index (χ1n) is 7.06. The van der Waals surface area contributed by atoms with Gasteiger partial charge in [-0.1, -0.05) is 32.3 Å². The van der Waals surface area contributed by atoms with Gasteiger partial charge in [0.15, 0.2) is 0 Å². The molecular weight excluding hydrogens is 224 g/mol. The summed E-state index contributed by atoms with van der Waals surface area (Å²) in [4.78, 5) is 6.66. The van der Waals surface area contributed by atoms with Crippen LogP contribution in [0.1, 0.15) is 44.7 Å². The second kappa shape index (κ2) is 6.30. The maximum atomic E-state index is 10.6. The first-order chi connectivity index (χ1) is 8.72. The van der Waals surface area contributed by atoms with E-state index in [0.29, 0.717) is 0 Å². The lowest BCUT2D eigenvalue weighted by molar-refractivity contribution is -0.0272. The van der Waals surface area contributed by atoms with Crippen LogP contribution in [0.25, 0.3) is 0 Å². The largest absolute Gasteiger partial charge is 0.389 e. The number of likely N-dealkylation sites (N-methyl/N-ethyl adjacent to an activating group) is 1. The first kappa shape index (κ1) is 13.5. The molecule has 2 rings (SSSR count). The normalized spacial score (nSPS) is 19.1. The summed E-state index contributed by atoms with van der Waals surface area (Å²) < 4.78 is 0. The lowest BCUT2D eigenvalue weighted by Gasteiger charge is -2.36. The quantitative estimate of drug-likeness (QED) is 0.870. The Morgan fingerprint density at radius 3 is 2.67 bits per heavy atom. The number of aliphatic hydroxyl groups is 1. The lowest BCUT2D eigenvalue weighted by Crippen LogP contribution is -2.44. The standard InChI is InChI=1S/C15H24N2O/c1-2-17(12-14-8-4-7-11-16-14)13-15(18)9-5-3-6-10-15/h4,7-8,11,18H,2-3,5-6,9-10,12-13H2,1H3. The zero-order valence-electron chi connectivity index (χ0n) is 11.3. The van der Waals surface area contributed by atoms with Gasteiger partial charge in [0.2, 0.25) is 0 Å². The predicted octanol–water partition coefficient (Wildman–Crippen LogP) is 2.60. The van der Waals surface area contributed by atoms with Gasteiger partial charge < -0.3 is 5.11 Å². The Hall–Kier alpha value is -0.930. The monoisotopic (exact) mass is 248 g/mol. The summed E-state index contributed by atoms with van der Waals surface area (Å²) in [6, 6.07) is 6.01. The summed E-state index contributed by atoms with van der Waals surface area (Å²) in [5.41, 5.74) is 0.613. The Labute approximate surface area is 110 Å². The molecule has 0 unspecified atom stereocenters. The van der Waals surface area contributed by atoms with Crippen LogP contribution >= 0.6 is 0 Å². The Bertz CT molecular complexity index is 347. The summed E-state index contributed by atoms with van der Waals surface area (Å²) in [7, 11) is 0. The molecule has 0 spiro atoms. The molecule has 0 radical (unpaired) electrons. The zero-order chi connectivity index (χ0) is 12.8. The van der Waals surface area contributed by atoms with Crippen LogP contribution in [0.15, 0.2) is 24.4 Å². The van der Waals surface area contributed by atoms with E-state index in [9.17, 15) is 5.11 Å². The highest BCUT2D eigenvalue weighted by atomic mass is 16.3. The van der Waals surface area contributed by atoms with Gasteiger partial charge in [0, 0.05) is 19.3 Å². The Balaban J connectivity index is 1.92. The molecule has 100 valence electrons. The molecule has 1 aromatic heterocycles. The summed E-state index contributed by atoms with van der Waals surface area (Å²) in [6.45, 7) is 4.72. The smallest absolute Gasteiger partial charge is 0.0774 e. The van der Waals surface area contributed by atoms with Crippen LogP contribution in [0.5, 0.6) is 0 Å². The molecule has 1 fully saturated rings. The predicted molar refractivity (Wildman–Crippen MR) is 73.2 cm³/mol. The van der Waals surface area contributed by atoms with Crippen molar-refractivity contribution < 1.29 is 5.11 Å². The number of rotatable bonds is 5. The molecule has 1 aliphatic carbocycles. The Kier molecular flexibility index (Phi) is 4.72. The minimum absolute atomic E-state index is 0.469. The molecule has 0 amide bonds. The summed E-state index contributed by atoms with van der Waals surface area (Å²) >= 11 is 0. The van der Waals surface area contributed by atoms with Gasteiger partial charge in [0.1, 0.15) is 0 Å². The number of hydrogen-bond donors (Lipinski definition) is 1. The molecule has 0 atom stereocenters. The van der Waals surface area contributed by atoms with Crippen molar-refractivity contribution in [3.63, 3.8) is 0 Å². The van der Waals surface area contributed by atoms with E-state index >= 15 is 0 Å². The maximum absolute atomic E-state index is 10.6. The highest BCUT2D eigenvalue weighted by Crippen LogP contribution is 2.29. The van der Waals surface area contributed by atoms with Gasteiger partial charge in [0.05, 0.1) is 11.3 Å². The van der Waals surface area contributed by atoms with E-state index in [2.05, 4.69) is 16.8 Å². The molecule has 1 N–H and O–H groups in total. The zero-order valence-corrected chi connectivity index (χ0v) is 11.3. The third kappa shape index (κ3) is 3.79. The van der Waals surface area contributed by atoms with Crippen molar-refractivity contribution in [2.75, 3.05) is 13.1 Å². The fourth-order valence-electron chi connectivity index (χ4n) is 2.78. The van der Waals surface area contributed by atoms with E-state index in [0.717, 1.165) is 51.0 Å². The Morgan fingerprint density at radius 1 is 1.28 bits per heavy atom. The second-order valence-corrected chi connectivity index (χ2v) is 5.41. The highest BCUT2D eigenvalue weighted by Gasteiger charge is 2.30. The van der Waals surface area contributed by atoms with E-state index < -0.39 is 5.60 Å². The van der Waals surface area contributed by atoms with E-state index in [1.165, 1.54) is 6.42 Å². The van der Waals surface area contributed by atoms with Crippen molar-refractivity contribution in [2.24, 2.45) is 0 Å². The third-order valence-electron chi connectivity index (χ3n) is 3.86. The lowest BCUT2D eigenvalue weighted by atomic mass is 9.84. The van der Waals surface area contributed by atoms with Gasteiger partial charge in [0.25, 0.3) is 0 Å². The fraction of sp³-hybridized carbons (Fsp3) is 0.667. The molecule has 3 heteroatoms. The molecular formula is C15H24N2O. The van der Waals surface area contributed by atoms with Crippen LogP contribution in [-0.2, 0) is 6.54 Å². The summed E-state index contributed by atoms with van der Waals surface area (Å²) in [5.74, 6) is 0. The van der Waals surface area contributed by atoms with Gasteiger partial charge in [-0.25, -0.2) is 0 Å². The SMILES string of the molecule is CCN(Cc1ccccn1)CC1(O)CCCCC1. The van der Waals surface area contributed by atoms with Crippen LogP contribution in [0.4, 0.5) is 0 Å². The third-order valence-corrected chi connectivity index (χ3v) is 3.86. The highest BCUT2D eigenvalue weighted by molar-refractivity contribution is 5.03. The summed E-state index contributed by atoms with van der Waals surface area (Å²) in [6.07, 6.45) is 7.33. The minimum Gasteiger partial charge on any atom is -0.389 e. The van der Waals surface area contributed by atoms with E-state index in [1.54, 1.807) is 0 Å². The van der Waals surface area contributed by atoms with Crippen molar-refractivity contribution in [1.29, 1.82) is 0 Å². The summed E-state index contributed by atoms with van der Waals surface area (Å²) in [5, 5.41) is 10.6.